The molecule has 0 fully saturated rings. The van der Waals surface area contributed by atoms with Crippen LogP contribution >= 0.6 is 0 Å². The lowest BCUT2D eigenvalue weighted by molar-refractivity contribution is -0.125. The van der Waals surface area contributed by atoms with Crippen molar-refractivity contribution in [3.05, 3.63) is 12.2 Å². The standard InChI is InChI=1S/C8H15NO2/c1-3-5-6-9-8(10)7-11-4-2/h3,5H,4,6-7H2,1-2H3,(H,9,10)/b5-3+. The molecule has 0 aromatic carbocycles. The predicted molar refractivity (Wildman–Crippen MR) is 44.3 cm³/mol. The van der Waals surface area contributed by atoms with Crippen molar-refractivity contribution in [2.75, 3.05) is 19.8 Å². The van der Waals surface area contributed by atoms with Crippen molar-refractivity contribution >= 4 is 5.91 Å². The van der Waals surface area contributed by atoms with Gasteiger partial charge in [-0.2, -0.15) is 0 Å². The normalized spacial score (nSPS) is 10.4. The van der Waals surface area contributed by atoms with Crippen LogP contribution in [-0.4, -0.2) is 25.7 Å². The highest BCUT2D eigenvalue weighted by Crippen LogP contribution is 1.74. The van der Waals surface area contributed by atoms with Crippen LogP contribution in [0.1, 0.15) is 13.8 Å². The summed E-state index contributed by atoms with van der Waals surface area (Å²) in [5.74, 6) is -0.0649. The molecule has 0 aromatic rings. The first kappa shape index (κ1) is 10.2. The van der Waals surface area contributed by atoms with Crippen LogP contribution < -0.4 is 5.32 Å². The van der Waals surface area contributed by atoms with Gasteiger partial charge in [0.1, 0.15) is 6.61 Å². The first-order valence-electron chi connectivity index (χ1n) is 3.76. The molecule has 0 heterocycles. The molecule has 0 aliphatic rings. The summed E-state index contributed by atoms with van der Waals surface area (Å²) in [6.45, 7) is 5.10. The van der Waals surface area contributed by atoms with Crippen molar-refractivity contribution in [1.82, 2.24) is 5.32 Å². The van der Waals surface area contributed by atoms with Crippen LogP contribution in [0.15, 0.2) is 12.2 Å². The minimum absolute atomic E-state index is 0.0649. The number of hydrogen-bond donors (Lipinski definition) is 1. The summed E-state index contributed by atoms with van der Waals surface area (Å²) in [6.07, 6.45) is 3.77. The SMILES string of the molecule is C/C=C/CNC(=O)COCC. The van der Waals surface area contributed by atoms with Crippen LogP contribution in [0, 0.1) is 0 Å². The fourth-order valence-electron chi connectivity index (χ4n) is 0.536. The highest BCUT2D eigenvalue weighted by Gasteiger charge is 1.95. The third-order valence-corrected chi connectivity index (χ3v) is 1.09. The molecule has 0 radical (unpaired) electrons. The Morgan fingerprint density at radius 3 is 2.91 bits per heavy atom. The average Bonchev–Trinajstić information content (AvgIpc) is 2.01. The van der Waals surface area contributed by atoms with Crippen LogP contribution in [0.25, 0.3) is 0 Å². The Bertz CT molecular complexity index is 132. The van der Waals surface area contributed by atoms with Crippen LogP contribution in [0.3, 0.4) is 0 Å². The van der Waals surface area contributed by atoms with Crippen molar-refractivity contribution in [2.24, 2.45) is 0 Å². The van der Waals surface area contributed by atoms with E-state index in [9.17, 15) is 4.79 Å². The highest BCUT2D eigenvalue weighted by molar-refractivity contribution is 5.77. The van der Waals surface area contributed by atoms with Gasteiger partial charge in [0.2, 0.25) is 5.91 Å². The summed E-state index contributed by atoms with van der Waals surface area (Å²) in [5.41, 5.74) is 0. The fourth-order valence-corrected chi connectivity index (χ4v) is 0.536. The summed E-state index contributed by atoms with van der Waals surface area (Å²) in [4.78, 5) is 10.8. The van der Waals surface area contributed by atoms with Crippen LogP contribution in [0.4, 0.5) is 0 Å². The Labute approximate surface area is 67.4 Å². The summed E-state index contributed by atoms with van der Waals surface area (Å²) in [5, 5.41) is 2.67. The molecule has 0 spiro atoms. The summed E-state index contributed by atoms with van der Waals surface area (Å²) in [7, 11) is 0. The molecule has 0 bridgehead atoms. The molecule has 3 nitrogen and oxygen atoms in total. The molecule has 0 rings (SSSR count). The Morgan fingerprint density at radius 1 is 1.64 bits per heavy atom. The quantitative estimate of drug-likeness (QED) is 0.597. The Balaban J connectivity index is 3.22. The number of ether oxygens (including phenoxy) is 1. The van der Waals surface area contributed by atoms with E-state index in [-0.39, 0.29) is 12.5 Å². The summed E-state index contributed by atoms with van der Waals surface area (Å²) in [6, 6.07) is 0. The number of amides is 1. The molecular weight excluding hydrogens is 142 g/mol. The molecule has 11 heavy (non-hydrogen) atoms. The number of nitrogens with one attached hydrogen (secondary N) is 1. The molecule has 0 aliphatic carbocycles. The Morgan fingerprint density at radius 2 is 2.36 bits per heavy atom. The van der Waals surface area contributed by atoms with E-state index in [1.165, 1.54) is 0 Å². The molecule has 0 aliphatic heterocycles. The van der Waals surface area contributed by atoms with E-state index >= 15 is 0 Å². The van der Waals surface area contributed by atoms with Gasteiger partial charge in [0, 0.05) is 13.2 Å². The van der Waals surface area contributed by atoms with Gasteiger partial charge in [-0.15, -0.1) is 0 Å². The topological polar surface area (TPSA) is 38.3 Å². The second-order valence-electron chi connectivity index (χ2n) is 2.01. The molecule has 0 saturated carbocycles. The van der Waals surface area contributed by atoms with E-state index in [1.807, 2.05) is 26.0 Å². The maximum absolute atomic E-state index is 10.8. The van der Waals surface area contributed by atoms with Gasteiger partial charge >= 0.3 is 0 Å². The fraction of sp³-hybridized carbons (Fsp3) is 0.625. The van der Waals surface area contributed by atoms with Crippen LogP contribution in [0.2, 0.25) is 0 Å². The maximum atomic E-state index is 10.8. The van der Waals surface area contributed by atoms with Crippen molar-refractivity contribution < 1.29 is 9.53 Å². The predicted octanol–water partition coefficient (Wildman–Crippen LogP) is 0.715. The van der Waals surface area contributed by atoms with Crippen molar-refractivity contribution in [1.29, 1.82) is 0 Å². The first-order valence-corrected chi connectivity index (χ1v) is 3.76. The van der Waals surface area contributed by atoms with Gasteiger partial charge in [0.15, 0.2) is 0 Å². The number of rotatable bonds is 5. The largest absolute Gasteiger partial charge is 0.372 e. The third kappa shape index (κ3) is 7.06. The van der Waals surface area contributed by atoms with E-state index in [1.54, 1.807) is 0 Å². The average molecular weight is 157 g/mol. The molecule has 0 unspecified atom stereocenters. The van der Waals surface area contributed by atoms with E-state index in [0.717, 1.165) is 0 Å². The molecule has 1 amide bonds. The lowest BCUT2D eigenvalue weighted by Gasteiger charge is -2.00. The van der Waals surface area contributed by atoms with Gasteiger partial charge in [0.05, 0.1) is 0 Å². The summed E-state index contributed by atoms with van der Waals surface area (Å²) >= 11 is 0. The van der Waals surface area contributed by atoms with Gasteiger partial charge in [-0.25, -0.2) is 0 Å². The Kier molecular flexibility index (Phi) is 6.73. The van der Waals surface area contributed by atoms with E-state index in [2.05, 4.69) is 5.32 Å². The second-order valence-corrected chi connectivity index (χ2v) is 2.01. The number of hydrogen-bond acceptors (Lipinski definition) is 2. The van der Waals surface area contributed by atoms with Crippen LogP contribution in [-0.2, 0) is 9.53 Å². The maximum Gasteiger partial charge on any atom is 0.246 e. The van der Waals surface area contributed by atoms with Gasteiger partial charge in [0.25, 0.3) is 0 Å². The molecule has 0 saturated heterocycles. The third-order valence-electron chi connectivity index (χ3n) is 1.09. The molecule has 0 atom stereocenters. The Hall–Kier alpha value is -0.830. The van der Waals surface area contributed by atoms with Crippen molar-refractivity contribution in [3.8, 4) is 0 Å². The van der Waals surface area contributed by atoms with Gasteiger partial charge in [-0.1, -0.05) is 12.2 Å². The van der Waals surface area contributed by atoms with Gasteiger partial charge in [-0.05, 0) is 13.8 Å². The first-order chi connectivity index (χ1) is 5.31. The zero-order chi connectivity index (χ0) is 8.53. The van der Waals surface area contributed by atoms with Crippen molar-refractivity contribution in [3.63, 3.8) is 0 Å². The van der Waals surface area contributed by atoms with E-state index < -0.39 is 0 Å². The van der Waals surface area contributed by atoms with Crippen LogP contribution in [0.5, 0.6) is 0 Å². The summed E-state index contributed by atoms with van der Waals surface area (Å²) < 4.78 is 4.89. The molecule has 64 valence electrons. The monoisotopic (exact) mass is 157 g/mol. The minimum Gasteiger partial charge on any atom is -0.372 e. The highest BCUT2D eigenvalue weighted by atomic mass is 16.5. The van der Waals surface area contributed by atoms with Gasteiger partial charge < -0.3 is 10.1 Å². The lowest BCUT2D eigenvalue weighted by Crippen LogP contribution is -2.27. The number of carbonyl (C=O) groups excluding carboxylic acids is 1. The van der Waals surface area contributed by atoms with E-state index in [4.69, 9.17) is 4.74 Å². The molecular formula is C8H15NO2. The van der Waals surface area contributed by atoms with E-state index in [0.29, 0.717) is 13.2 Å². The zero-order valence-corrected chi connectivity index (χ0v) is 7.09. The smallest absolute Gasteiger partial charge is 0.246 e. The van der Waals surface area contributed by atoms with Crippen molar-refractivity contribution in [2.45, 2.75) is 13.8 Å². The zero-order valence-electron chi connectivity index (χ0n) is 7.09. The molecule has 0 aromatic heterocycles. The lowest BCUT2D eigenvalue weighted by atomic mass is 10.5. The van der Waals surface area contributed by atoms with Gasteiger partial charge in [-0.3, -0.25) is 4.79 Å². The minimum atomic E-state index is -0.0649. The molecule has 3 heteroatoms. The molecule has 1 N–H and O–H groups in total. The number of allylic oxidation sites excluding steroid dienone is 1. The second kappa shape index (κ2) is 7.28. The number of carbonyl (C=O) groups is 1.